The van der Waals surface area contributed by atoms with E-state index >= 15 is 4.39 Å². The summed E-state index contributed by atoms with van der Waals surface area (Å²) in [7, 11) is 5.27. The van der Waals surface area contributed by atoms with Crippen LogP contribution in [0.4, 0.5) is 29.2 Å². The average molecular weight is 1140 g/mol. The van der Waals surface area contributed by atoms with E-state index < -0.39 is 11.3 Å². The predicted molar refractivity (Wildman–Crippen MR) is 309 cm³/mol. The molecular formula is C59H72F4N18O2. The van der Waals surface area contributed by atoms with Gasteiger partial charge in [-0.1, -0.05) is 36.4 Å². The second-order valence-corrected chi connectivity index (χ2v) is 22.0. The highest BCUT2D eigenvalue weighted by atomic mass is 19.2. The molecule has 24 heteroatoms. The van der Waals surface area contributed by atoms with Crippen LogP contribution in [0.3, 0.4) is 0 Å². The van der Waals surface area contributed by atoms with Crippen LogP contribution in [0.1, 0.15) is 34.9 Å². The summed E-state index contributed by atoms with van der Waals surface area (Å²) in [5.41, 5.74) is 3.50. The number of alkyl halides is 2. The molecule has 0 saturated carbocycles. The topological polar surface area (TPSA) is 185 Å². The Labute approximate surface area is 480 Å². The number of hydrogen-bond acceptors (Lipinski definition) is 16. The van der Waals surface area contributed by atoms with Gasteiger partial charge in [0.05, 0.1) is 50.0 Å². The van der Waals surface area contributed by atoms with Crippen molar-refractivity contribution in [3.05, 3.63) is 157 Å². The molecule has 8 aromatic rings. The highest BCUT2D eigenvalue weighted by Gasteiger charge is 2.46. The van der Waals surface area contributed by atoms with Crippen LogP contribution in [0, 0.1) is 25.5 Å². The number of ether oxygens (including phenoxy) is 2. The molecule has 0 aliphatic carbocycles. The molecule has 0 spiro atoms. The van der Waals surface area contributed by atoms with Crippen molar-refractivity contribution in [1.82, 2.24) is 79.3 Å². The second kappa shape index (κ2) is 25.2. The van der Waals surface area contributed by atoms with Gasteiger partial charge in [0.1, 0.15) is 34.7 Å². The van der Waals surface area contributed by atoms with E-state index in [0.29, 0.717) is 45.2 Å². The number of nitrogens with zero attached hydrogens (tertiary/aromatic N) is 13. The van der Waals surface area contributed by atoms with Crippen molar-refractivity contribution in [3.8, 4) is 33.9 Å². The molecule has 20 nitrogen and oxygen atoms in total. The standard InChI is InChI=1S/C30H37F2N9O.C29H35F2N9O/c1-21-27(22-13-33-29(34-14-22)30(32)18-38(2)19-30)37-41(24-7-5-4-6-8-24)28(21)36-20-35-25-16-39(11-12-42-3)17-26(25)40-10-9-23(31)15-40;1-20-26(21-12-33-28(34-13-21)29(31)17-32-18-29)37-40(23-6-4-3-5-7-23)27(20)36-19-35-24-15-38(10-11-41-2)16-25(24)39-9-8-22(30)14-39/h4-10,13-15,25-26,35-36H,11-12,16-20H2,1-3H3;3-9,12-14,24-25,32,35-36H,10-11,15-19H2,1-2H3/t25-,26-;24-,25-/m11/s1. The molecule has 6 aromatic heterocycles. The minimum atomic E-state index is -1.51. The second-order valence-electron chi connectivity index (χ2n) is 22.0. The average Bonchev–Trinajstić information content (AvgIpc) is 4.59. The molecule has 4 atom stereocenters. The Bertz CT molecular complexity index is 3380. The van der Waals surface area contributed by atoms with Crippen LogP contribution in [0.25, 0.3) is 33.9 Å². The number of nitrogens with one attached hydrogen (secondary N) is 5. The molecule has 2 aromatic carbocycles. The van der Waals surface area contributed by atoms with Crippen molar-refractivity contribution >= 4 is 11.6 Å². The van der Waals surface area contributed by atoms with E-state index in [1.54, 1.807) is 63.8 Å². The maximum absolute atomic E-state index is 15.0. The molecule has 0 unspecified atom stereocenters. The Hall–Kier alpha value is -7.42. The third-order valence-electron chi connectivity index (χ3n) is 16.1. The fraction of sp³-hybridized carbons (Fsp3) is 0.424. The number of rotatable bonds is 22. The zero-order chi connectivity index (χ0) is 57.7. The van der Waals surface area contributed by atoms with E-state index in [9.17, 15) is 13.2 Å². The zero-order valence-corrected chi connectivity index (χ0v) is 47.4. The molecule has 5 N–H and O–H groups in total. The molecule has 438 valence electrons. The Morgan fingerprint density at radius 2 is 1.01 bits per heavy atom. The molecule has 4 saturated heterocycles. The Morgan fingerprint density at radius 1 is 0.590 bits per heavy atom. The molecule has 4 aliphatic heterocycles. The summed E-state index contributed by atoms with van der Waals surface area (Å²) in [6.45, 7) is 12.1. The van der Waals surface area contributed by atoms with E-state index in [1.807, 2.05) is 105 Å². The van der Waals surface area contributed by atoms with Gasteiger partial charge in [-0.05, 0) is 57.3 Å². The van der Waals surface area contributed by atoms with Gasteiger partial charge in [-0.3, -0.25) is 25.3 Å². The number of likely N-dealkylation sites (N-methyl/N-ethyl adjacent to an activating group) is 1. The first-order valence-electron chi connectivity index (χ1n) is 28.1. The van der Waals surface area contributed by atoms with Gasteiger partial charge in [-0.25, -0.2) is 46.9 Å². The van der Waals surface area contributed by atoms with Crippen LogP contribution in [-0.2, 0) is 20.8 Å². The Morgan fingerprint density at radius 3 is 1.37 bits per heavy atom. The first kappa shape index (κ1) is 57.4. The van der Waals surface area contributed by atoms with Crippen molar-refractivity contribution in [3.63, 3.8) is 0 Å². The van der Waals surface area contributed by atoms with Gasteiger partial charge in [-0.15, -0.1) is 0 Å². The Balaban J connectivity index is 0.000000174. The van der Waals surface area contributed by atoms with Crippen LogP contribution in [0.5, 0.6) is 0 Å². The zero-order valence-electron chi connectivity index (χ0n) is 47.4. The van der Waals surface area contributed by atoms with Crippen LogP contribution in [0.2, 0.25) is 0 Å². The SMILES string of the molecule is COCCN1C[C@@H](n2ccc(F)c2)[C@H](NCNc2c(C)c(-c3cnc(C4(F)CN(C)C4)nc3)nn2-c2ccccc2)C1.COCCN1C[C@@H](n2ccc(F)c2)[C@H](NCNc2c(C)c(-c3cnc(C4(F)CNC4)nc3)nn2-c2ccccc2)C1. The summed E-state index contributed by atoms with van der Waals surface area (Å²) < 4.78 is 75.7. The number of aromatic nitrogens is 10. The van der Waals surface area contributed by atoms with E-state index in [0.717, 1.165) is 90.4 Å². The van der Waals surface area contributed by atoms with Gasteiger partial charge in [0.15, 0.2) is 23.0 Å². The number of benzene rings is 2. The van der Waals surface area contributed by atoms with Crippen LogP contribution < -0.4 is 26.6 Å². The Kier molecular flexibility index (Phi) is 17.4. The summed E-state index contributed by atoms with van der Waals surface area (Å²) >= 11 is 0. The smallest absolute Gasteiger partial charge is 0.195 e. The lowest BCUT2D eigenvalue weighted by Gasteiger charge is -2.40. The van der Waals surface area contributed by atoms with Gasteiger partial charge in [0.2, 0.25) is 0 Å². The van der Waals surface area contributed by atoms with Crippen molar-refractivity contribution in [2.24, 2.45) is 0 Å². The maximum atomic E-state index is 15.0. The first-order chi connectivity index (χ1) is 40.3. The van der Waals surface area contributed by atoms with Crippen LogP contribution >= 0.6 is 0 Å². The van der Waals surface area contributed by atoms with E-state index in [4.69, 9.17) is 19.7 Å². The quantitative estimate of drug-likeness (QED) is 0.0387. The number of likely N-dealkylation sites (tertiary alicyclic amines) is 3. The van der Waals surface area contributed by atoms with E-state index in [2.05, 4.69) is 56.3 Å². The molecular weight excluding hydrogens is 1070 g/mol. The highest BCUT2D eigenvalue weighted by Crippen LogP contribution is 2.36. The van der Waals surface area contributed by atoms with Gasteiger partial charge < -0.3 is 34.6 Å². The number of anilines is 2. The van der Waals surface area contributed by atoms with E-state index in [1.165, 1.54) is 12.1 Å². The van der Waals surface area contributed by atoms with Crippen molar-refractivity contribution in [2.45, 2.75) is 49.4 Å². The largest absolute Gasteiger partial charge is 0.383 e. The first-order valence-corrected chi connectivity index (χ1v) is 28.1. The summed E-state index contributed by atoms with van der Waals surface area (Å²) in [6, 6.07) is 23.1. The molecule has 4 fully saturated rings. The number of para-hydroxylation sites is 2. The van der Waals surface area contributed by atoms with E-state index in [-0.39, 0.29) is 60.5 Å². The highest BCUT2D eigenvalue weighted by molar-refractivity contribution is 5.70. The maximum Gasteiger partial charge on any atom is 0.195 e. The van der Waals surface area contributed by atoms with Crippen LogP contribution in [0.15, 0.2) is 122 Å². The minimum absolute atomic E-state index is 0.0776. The molecule has 12 rings (SSSR count). The summed E-state index contributed by atoms with van der Waals surface area (Å²) in [5, 5.41) is 27.1. The lowest BCUT2D eigenvalue weighted by atomic mass is 9.96. The fourth-order valence-electron chi connectivity index (χ4n) is 11.5. The fourth-order valence-corrected chi connectivity index (χ4v) is 11.5. The van der Waals surface area contributed by atoms with Gasteiger partial charge >= 0.3 is 0 Å². The number of halogens is 4. The molecule has 10 heterocycles. The van der Waals surface area contributed by atoms with Gasteiger partial charge in [0, 0.05) is 164 Å². The normalized spacial score (nSPS) is 20.4. The number of methoxy groups -OCH3 is 2. The third-order valence-corrected chi connectivity index (χ3v) is 16.1. The van der Waals surface area contributed by atoms with Crippen LogP contribution in [-0.4, -0.2) is 189 Å². The molecule has 4 aliphatic rings. The predicted octanol–water partition coefficient (Wildman–Crippen LogP) is 6.10. The molecule has 0 amide bonds. The molecule has 83 heavy (non-hydrogen) atoms. The molecule has 0 bridgehead atoms. The lowest BCUT2D eigenvalue weighted by Crippen LogP contribution is -2.55. The van der Waals surface area contributed by atoms with Crippen molar-refractivity contribution in [2.75, 3.05) is 124 Å². The molecule has 0 radical (unpaired) electrons. The lowest BCUT2D eigenvalue weighted by molar-refractivity contribution is -0.0265. The summed E-state index contributed by atoms with van der Waals surface area (Å²) in [6.07, 6.45) is 13.3. The summed E-state index contributed by atoms with van der Waals surface area (Å²) in [4.78, 5) is 24.0. The van der Waals surface area contributed by atoms with Crippen molar-refractivity contribution in [1.29, 1.82) is 0 Å². The summed E-state index contributed by atoms with van der Waals surface area (Å²) in [5.74, 6) is 1.57. The minimum Gasteiger partial charge on any atom is -0.383 e. The third kappa shape index (κ3) is 12.6. The number of hydrogen-bond donors (Lipinski definition) is 5. The van der Waals surface area contributed by atoms with Gasteiger partial charge in [0.25, 0.3) is 0 Å². The van der Waals surface area contributed by atoms with Crippen molar-refractivity contribution < 1.29 is 27.0 Å². The monoisotopic (exact) mass is 1140 g/mol. The van der Waals surface area contributed by atoms with Gasteiger partial charge in [-0.2, -0.15) is 10.2 Å².